The number of rotatable bonds is 6. The maximum atomic E-state index is 3.44. The second kappa shape index (κ2) is 5.79. The van der Waals surface area contributed by atoms with Crippen molar-refractivity contribution in [2.45, 2.75) is 34.1 Å². The zero-order valence-electron chi connectivity index (χ0n) is 12.8. The number of nitrogens with one attached hydrogen (secondary N) is 1. The normalized spacial score (nSPS) is 12.2. The molecule has 19 heavy (non-hydrogen) atoms. The van der Waals surface area contributed by atoms with Gasteiger partial charge in [-0.05, 0) is 38.8 Å². The first kappa shape index (κ1) is 14.1. The molecule has 1 aromatic carbocycles. The molecule has 1 heterocycles. The fourth-order valence-electron chi connectivity index (χ4n) is 3.07. The van der Waals surface area contributed by atoms with Crippen LogP contribution in [0.25, 0.3) is 10.9 Å². The Bertz CT molecular complexity index is 527. The van der Waals surface area contributed by atoms with Crippen LogP contribution in [0, 0.1) is 6.92 Å². The molecule has 0 unspecified atom stereocenters. The van der Waals surface area contributed by atoms with Gasteiger partial charge in [0.25, 0.3) is 0 Å². The van der Waals surface area contributed by atoms with Gasteiger partial charge in [-0.15, -0.1) is 0 Å². The summed E-state index contributed by atoms with van der Waals surface area (Å²) in [6.45, 7) is 14.0. The van der Waals surface area contributed by atoms with Crippen LogP contribution in [0.1, 0.15) is 31.9 Å². The van der Waals surface area contributed by atoms with Crippen molar-refractivity contribution in [3.05, 3.63) is 35.5 Å². The fourth-order valence-corrected chi connectivity index (χ4v) is 3.07. The molecule has 0 saturated heterocycles. The molecule has 0 aliphatic heterocycles. The number of aromatic amines is 1. The molecule has 0 aliphatic carbocycles. The lowest BCUT2D eigenvalue weighted by Gasteiger charge is -2.35. The first-order chi connectivity index (χ1) is 9.15. The third-order valence-corrected chi connectivity index (χ3v) is 4.88. The average Bonchev–Trinajstić information content (AvgIpc) is 2.86. The average molecular weight is 259 g/mol. The molecule has 0 saturated carbocycles. The molecule has 104 valence electrons. The van der Waals surface area contributed by atoms with Crippen LogP contribution in [0.15, 0.2) is 24.4 Å². The number of nitrogens with zero attached hydrogens (tertiary/aromatic N) is 1. The molecule has 0 spiro atoms. The number of hydrogen-bond donors (Lipinski definition) is 1. The largest absolute Gasteiger partial charge is 0.361 e. The quantitative estimate of drug-likeness (QED) is 0.757. The molecular weight excluding hydrogens is 232 g/mol. The minimum absolute atomic E-state index is 1.17. The van der Waals surface area contributed by atoms with Crippen LogP contribution in [0.2, 0.25) is 0 Å². The number of quaternary nitrogens is 1. The van der Waals surface area contributed by atoms with Crippen LogP contribution < -0.4 is 0 Å². The number of H-pyrrole nitrogens is 1. The third-order valence-electron chi connectivity index (χ3n) is 4.88. The van der Waals surface area contributed by atoms with Crippen molar-refractivity contribution in [2.24, 2.45) is 0 Å². The maximum Gasteiger partial charge on any atom is 0.0828 e. The van der Waals surface area contributed by atoms with Crippen molar-refractivity contribution >= 4 is 10.9 Å². The highest BCUT2D eigenvalue weighted by Gasteiger charge is 2.20. The lowest BCUT2D eigenvalue weighted by Crippen LogP contribution is -2.48. The highest BCUT2D eigenvalue weighted by Crippen LogP contribution is 2.22. The van der Waals surface area contributed by atoms with Crippen molar-refractivity contribution in [1.82, 2.24) is 4.98 Å². The summed E-state index contributed by atoms with van der Waals surface area (Å²) in [6, 6.07) is 6.58. The number of aryl methyl sites for hydroxylation is 1. The van der Waals surface area contributed by atoms with E-state index >= 15 is 0 Å². The second-order valence-electron chi connectivity index (χ2n) is 5.58. The van der Waals surface area contributed by atoms with Crippen LogP contribution in [0.3, 0.4) is 0 Å². The molecule has 1 aromatic heterocycles. The minimum Gasteiger partial charge on any atom is -0.361 e. The van der Waals surface area contributed by atoms with E-state index in [0.29, 0.717) is 0 Å². The van der Waals surface area contributed by atoms with Gasteiger partial charge < -0.3 is 9.47 Å². The molecule has 2 heteroatoms. The highest BCUT2D eigenvalue weighted by molar-refractivity contribution is 5.85. The summed E-state index contributed by atoms with van der Waals surface area (Å²) in [6.07, 6.45) is 3.37. The predicted molar refractivity (Wildman–Crippen MR) is 83.5 cm³/mol. The Morgan fingerprint density at radius 1 is 1.05 bits per heavy atom. The molecule has 2 rings (SSSR count). The molecule has 2 nitrogen and oxygen atoms in total. The zero-order chi connectivity index (χ0) is 13.9. The van der Waals surface area contributed by atoms with E-state index in [0.717, 1.165) is 0 Å². The lowest BCUT2D eigenvalue weighted by molar-refractivity contribution is -0.923. The second-order valence-corrected chi connectivity index (χ2v) is 5.58. The van der Waals surface area contributed by atoms with Crippen LogP contribution in [0.5, 0.6) is 0 Å². The Kier molecular flexibility index (Phi) is 4.31. The SMILES string of the molecule is CC[N+](CC)(CC)CCc1c[nH]c2c(C)cccc12. The summed E-state index contributed by atoms with van der Waals surface area (Å²) in [5.74, 6) is 0. The Morgan fingerprint density at radius 2 is 1.74 bits per heavy atom. The van der Waals surface area contributed by atoms with Gasteiger partial charge in [-0.1, -0.05) is 18.2 Å². The summed E-state index contributed by atoms with van der Waals surface area (Å²) in [5.41, 5.74) is 4.11. The number of aromatic nitrogens is 1. The minimum atomic E-state index is 1.17. The summed E-state index contributed by atoms with van der Waals surface area (Å²) in [4.78, 5) is 3.44. The number of fused-ring (bicyclic) bond motifs is 1. The van der Waals surface area contributed by atoms with Crippen LogP contribution in [0.4, 0.5) is 0 Å². The number of hydrogen-bond acceptors (Lipinski definition) is 0. The zero-order valence-corrected chi connectivity index (χ0v) is 12.8. The van der Waals surface area contributed by atoms with Gasteiger partial charge in [-0.25, -0.2) is 0 Å². The Balaban J connectivity index is 2.20. The van der Waals surface area contributed by atoms with Gasteiger partial charge in [0.2, 0.25) is 0 Å². The standard InChI is InChI=1S/C17H27N2/c1-5-19(6-2,7-3)12-11-15-13-18-17-14(4)9-8-10-16(15)17/h8-10,13,18H,5-7,11-12H2,1-4H3/q+1. The van der Waals surface area contributed by atoms with Crippen molar-refractivity contribution in [3.63, 3.8) is 0 Å². The highest BCUT2D eigenvalue weighted by atomic mass is 15.3. The molecule has 0 radical (unpaired) electrons. The number of likely N-dealkylation sites (N-methyl/N-ethyl adjacent to an activating group) is 1. The van der Waals surface area contributed by atoms with E-state index in [2.05, 4.69) is 57.1 Å². The molecule has 0 aliphatic rings. The van der Waals surface area contributed by atoms with E-state index in [1.54, 1.807) is 0 Å². The molecule has 1 N–H and O–H groups in total. The van der Waals surface area contributed by atoms with Crippen molar-refractivity contribution < 1.29 is 4.48 Å². The third kappa shape index (κ3) is 2.69. The smallest absolute Gasteiger partial charge is 0.0828 e. The fraction of sp³-hybridized carbons (Fsp3) is 0.529. The summed E-state index contributed by atoms with van der Waals surface area (Å²) in [5, 5.41) is 1.40. The Labute approximate surface area is 117 Å². The number of para-hydroxylation sites is 1. The summed E-state index contributed by atoms with van der Waals surface area (Å²) in [7, 11) is 0. The lowest BCUT2D eigenvalue weighted by atomic mass is 10.1. The van der Waals surface area contributed by atoms with Gasteiger partial charge in [0.15, 0.2) is 0 Å². The molecule has 0 bridgehead atoms. The van der Waals surface area contributed by atoms with Crippen molar-refractivity contribution in [1.29, 1.82) is 0 Å². The van der Waals surface area contributed by atoms with E-state index in [1.807, 2.05) is 0 Å². The van der Waals surface area contributed by atoms with Gasteiger partial charge in [-0.3, -0.25) is 0 Å². The number of benzene rings is 1. The van der Waals surface area contributed by atoms with E-state index in [-0.39, 0.29) is 0 Å². The van der Waals surface area contributed by atoms with E-state index in [4.69, 9.17) is 0 Å². The monoisotopic (exact) mass is 259 g/mol. The van der Waals surface area contributed by atoms with E-state index in [9.17, 15) is 0 Å². The summed E-state index contributed by atoms with van der Waals surface area (Å²) < 4.78 is 1.22. The van der Waals surface area contributed by atoms with Crippen LogP contribution in [-0.4, -0.2) is 35.6 Å². The van der Waals surface area contributed by atoms with Gasteiger partial charge in [-0.2, -0.15) is 0 Å². The van der Waals surface area contributed by atoms with Crippen molar-refractivity contribution in [2.75, 3.05) is 26.2 Å². The van der Waals surface area contributed by atoms with Crippen LogP contribution in [-0.2, 0) is 6.42 Å². The molecule has 0 amide bonds. The van der Waals surface area contributed by atoms with E-state index in [1.165, 1.54) is 59.1 Å². The first-order valence-electron chi connectivity index (χ1n) is 7.56. The molecule has 0 fully saturated rings. The maximum absolute atomic E-state index is 3.44. The van der Waals surface area contributed by atoms with Gasteiger partial charge >= 0.3 is 0 Å². The van der Waals surface area contributed by atoms with Gasteiger partial charge in [0.05, 0.1) is 26.2 Å². The topological polar surface area (TPSA) is 15.8 Å². The molecule has 0 atom stereocenters. The first-order valence-corrected chi connectivity index (χ1v) is 7.56. The Morgan fingerprint density at radius 3 is 2.37 bits per heavy atom. The predicted octanol–water partition coefficient (Wildman–Crippen LogP) is 3.90. The molecular formula is C17H27N2+. The van der Waals surface area contributed by atoms with Crippen LogP contribution >= 0.6 is 0 Å². The Hall–Kier alpha value is -1.28. The van der Waals surface area contributed by atoms with Crippen molar-refractivity contribution in [3.8, 4) is 0 Å². The van der Waals surface area contributed by atoms with Gasteiger partial charge in [0, 0.05) is 23.5 Å². The van der Waals surface area contributed by atoms with Gasteiger partial charge in [0.1, 0.15) is 0 Å². The molecule has 2 aromatic rings. The van der Waals surface area contributed by atoms with E-state index < -0.39 is 0 Å². The summed E-state index contributed by atoms with van der Waals surface area (Å²) >= 11 is 0.